The molecular formula is C13H23BrN2O2. The zero-order chi connectivity index (χ0) is 13.8. The van der Waals surface area contributed by atoms with E-state index in [0.29, 0.717) is 13.2 Å². The van der Waals surface area contributed by atoms with Gasteiger partial charge in [0.15, 0.2) is 0 Å². The molecule has 0 amide bonds. The van der Waals surface area contributed by atoms with Gasteiger partial charge in [-0.25, -0.2) is 0 Å². The molecule has 18 heavy (non-hydrogen) atoms. The Labute approximate surface area is 118 Å². The molecule has 0 saturated heterocycles. The van der Waals surface area contributed by atoms with E-state index < -0.39 is 0 Å². The molecule has 0 aliphatic heterocycles. The Balaban J connectivity index is 2.49. The first-order chi connectivity index (χ1) is 8.41. The van der Waals surface area contributed by atoms with Crippen LogP contribution in [0.4, 0.5) is 0 Å². The first kappa shape index (κ1) is 15.7. The van der Waals surface area contributed by atoms with Gasteiger partial charge in [-0.1, -0.05) is 0 Å². The third-order valence-electron chi connectivity index (χ3n) is 3.09. The number of ether oxygens (including phenoxy) is 2. The minimum absolute atomic E-state index is 0.127. The monoisotopic (exact) mass is 318 g/mol. The lowest BCUT2D eigenvalue weighted by molar-refractivity contribution is -0.0132. The number of aromatic nitrogens is 2. The van der Waals surface area contributed by atoms with Crippen LogP contribution in [0.1, 0.15) is 38.6 Å². The maximum absolute atomic E-state index is 5.72. The van der Waals surface area contributed by atoms with E-state index in [4.69, 9.17) is 9.47 Å². The molecule has 4 nitrogen and oxygen atoms in total. The van der Waals surface area contributed by atoms with E-state index in [2.05, 4.69) is 41.8 Å². The van der Waals surface area contributed by atoms with Gasteiger partial charge in [0.05, 0.1) is 28.1 Å². The summed E-state index contributed by atoms with van der Waals surface area (Å²) >= 11 is 3.56. The third kappa shape index (κ3) is 4.07. The average Bonchev–Trinajstić information content (AvgIpc) is 2.61. The van der Waals surface area contributed by atoms with Crippen LogP contribution in [-0.2, 0) is 22.6 Å². The lowest BCUT2D eigenvalue weighted by Gasteiger charge is -2.22. The normalized spacial score (nSPS) is 12.1. The van der Waals surface area contributed by atoms with Crippen molar-refractivity contribution in [3.05, 3.63) is 15.9 Å². The summed E-state index contributed by atoms with van der Waals surface area (Å²) in [5.74, 6) is 0. The van der Waals surface area contributed by atoms with Crippen molar-refractivity contribution >= 4 is 15.9 Å². The van der Waals surface area contributed by atoms with Gasteiger partial charge in [0.2, 0.25) is 0 Å². The molecule has 0 bridgehead atoms. The predicted octanol–water partition coefficient (Wildman–Crippen LogP) is 3.31. The fraction of sp³-hybridized carbons (Fsp3) is 0.769. The minimum Gasteiger partial charge on any atom is -0.379 e. The summed E-state index contributed by atoms with van der Waals surface area (Å²) in [4.78, 5) is 0. The van der Waals surface area contributed by atoms with E-state index in [9.17, 15) is 0 Å². The Morgan fingerprint density at radius 2 is 2.06 bits per heavy atom. The lowest BCUT2D eigenvalue weighted by Crippen LogP contribution is -2.24. The van der Waals surface area contributed by atoms with E-state index in [1.54, 1.807) is 7.11 Å². The molecule has 0 aliphatic rings. The first-order valence-corrected chi connectivity index (χ1v) is 7.05. The molecule has 1 heterocycles. The molecule has 104 valence electrons. The maximum Gasteiger partial charge on any atom is 0.0896 e. The van der Waals surface area contributed by atoms with Crippen LogP contribution in [0.15, 0.2) is 4.47 Å². The molecule has 5 heteroatoms. The van der Waals surface area contributed by atoms with E-state index in [1.165, 1.54) is 0 Å². The van der Waals surface area contributed by atoms with E-state index in [-0.39, 0.29) is 5.60 Å². The van der Waals surface area contributed by atoms with Crippen LogP contribution in [0.2, 0.25) is 0 Å². The Kier molecular flexibility index (Phi) is 5.82. The summed E-state index contributed by atoms with van der Waals surface area (Å²) in [6, 6.07) is 0. The number of hydrogen-bond acceptors (Lipinski definition) is 3. The van der Waals surface area contributed by atoms with Gasteiger partial charge in [-0.15, -0.1) is 0 Å². The van der Waals surface area contributed by atoms with Crippen LogP contribution in [0.25, 0.3) is 0 Å². The highest BCUT2D eigenvalue weighted by atomic mass is 79.9. The van der Waals surface area contributed by atoms with Crippen molar-refractivity contribution in [1.29, 1.82) is 0 Å². The van der Waals surface area contributed by atoms with E-state index in [0.717, 1.165) is 28.8 Å². The summed E-state index contributed by atoms with van der Waals surface area (Å²) in [6.45, 7) is 10.3. The summed E-state index contributed by atoms with van der Waals surface area (Å²) < 4.78 is 14.1. The molecule has 0 radical (unpaired) electrons. The molecule has 1 aromatic rings. The smallest absolute Gasteiger partial charge is 0.0896 e. The fourth-order valence-electron chi connectivity index (χ4n) is 1.60. The van der Waals surface area contributed by atoms with Crippen molar-refractivity contribution < 1.29 is 9.47 Å². The van der Waals surface area contributed by atoms with Crippen LogP contribution in [0.3, 0.4) is 0 Å². The van der Waals surface area contributed by atoms with Crippen molar-refractivity contribution in [3.63, 3.8) is 0 Å². The van der Waals surface area contributed by atoms with Gasteiger partial charge in [0.1, 0.15) is 0 Å². The average molecular weight is 319 g/mol. The summed E-state index contributed by atoms with van der Waals surface area (Å²) in [6.07, 6.45) is 0.875. The highest BCUT2D eigenvalue weighted by Crippen LogP contribution is 2.22. The number of rotatable bonds is 7. The molecule has 1 rings (SSSR count). The summed E-state index contributed by atoms with van der Waals surface area (Å²) in [7, 11) is 1.73. The topological polar surface area (TPSA) is 36.3 Å². The lowest BCUT2D eigenvalue weighted by atomic mass is 10.1. The molecule has 0 N–H and O–H groups in total. The Bertz CT molecular complexity index is 389. The third-order valence-corrected chi connectivity index (χ3v) is 4.12. The van der Waals surface area contributed by atoms with Gasteiger partial charge in [-0.3, -0.25) is 4.68 Å². The second kappa shape index (κ2) is 6.68. The fourth-order valence-corrected chi connectivity index (χ4v) is 1.99. The quantitative estimate of drug-likeness (QED) is 0.724. The Hall–Kier alpha value is -0.390. The Morgan fingerprint density at radius 1 is 1.39 bits per heavy atom. The van der Waals surface area contributed by atoms with Crippen molar-refractivity contribution in [2.45, 2.75) is 52.9 Å². The second-order valence-electron chi connectivity index (χ2n) is 4.93. The SMILES string of the molecule is CCn1nc(C)c(Br)c1COCCC(C)(C)OC. The van der Waals surface area contributed by atoms with Gasteiger partial charge in [-0.05, 0) is 50.0 Å². The van der Waals surface area contributed by atoms with Gasteiger partial charge in [-0.2, -0.15) is 5.10 Å². The van der Waals surface area contributed by atoms with Gasteiger partial charge in [0.25, 0.3) is 0 Å². The largest absolute Gasteiger partial charge is 0.379 e. The first-order valence-electron chi connectivity index (χ1n) is 6.26. The van der Waals surface area contributed by atoms with Crippen LogP contribution < -0.4 is 0 Å². The van der Waals surface area contributed by atoms with Crippen LogP contribution >= 0.6 is 15.9 Å². The Morgan fingerprint density at radius 3 is 2.61 bits per heavy atom. The minimum atomic E-state index is -0.127. The molecule has 0 spiro atoms. The maximum atomic E-state index is 5.72. The van der Waals surface area contributed by atoms with Crippen molar-refractivity contribution in [1.82, 2.24) is 9.78 Å². The molecule has 0 aliphatic carbocycles. The molecule has 1 aromatic heterocycles. The van der Waals surface area contributed by atoms with Crippen molar-refractivity contribution in [2.75, 3.05) is 13.7 Å². The zero-order valence-electron chi connectivity index (χ0n) is 11.9. The van der Waals surface area contributed by atoms with Crippen molar-refractivity contribution in [3.8, 4) is 0 Å². The zero-order valence-corrected chi connectivity index (χ0v) is 13.5. The highest BCUT2D eigenvalue weighted by Gasteiger charge is 2.16. The second-order valence-corrected chi connectivity index (χ2v) is 5.72. The van der Waals surface area contributed by atoms with Gasteiger partial charge in [0, 0.05) is 20.3 Å². The standard InChI is InChI=1S/C13H23BrN2O2/c1-6-16-11(12(14)10(2)15-16)9-18-8-7-13(3,4)17-5/h6-9H2,1-5H3. The predicted molar refractivity (Wildman–Crippen MR) is 75.7 cm³/mol. The number of aryl methyl sites for hydroxylation is 2. The summed E-state index contributed by atoms with van der Waals surface area (Å²) in [5, 5.41) is 4.44. The molecule has 0 atom stereocenters. The molecule has 0 aromatic carbocycles. The van der Waals surface area contributed by atoms with Gasteiger partial charge >= 0.3 is 0 Å². The summed E-state index contributed by atoms with van der Waals surface area (Å²) in [5.41, 5.74) is 1.98. The van der Waals surface area contributed by atoms with Crippen LogP contribution in [-0.4, -0.2) is 29.1 Å². The van der Waals surface area contributed by atoms with Crippen LogP contribution in [0.5, 0.6) is 0 Å². The van der Waals surface area contributed by atoms with E-state index >= 15 is 0 Å². The van der Waals surface area contributed by atoms with Crippen molar-refractivity contribution in [2.24, 2.45) is 0 Å². The highest BCUT2D eigenvalue weighted by molar-refractivity contribution is 9.10. The molecule has 0 unspecified atom stereocenters. The number of hydrogen-bond donors (Lipinski definition) is 0. The molecule has 0 fully saturated rings. The van der Waals surface area contributed by atoms with E-state index in [1.807, 2.05) is 11.6 Å². The molecule has 0 saturated carbocycles. The number of halogens is 1. The number of nitrogens with zero attached hydrogens (tertiary/aromatic N) is 2. The van der Waals surface area contributed by atoms with Gasteiger partial charge < -0.3 is 9.47 Å². The molecular weight excluding hydrogens is 296 g/mol. The van der Waals surface area contributed by atoms with Crippen LogP contribution in [0, 0.1) is 6.92 Å². The number of methoxy groups -OCH3 is 1.